The highest BCUT2D eigenvalue weighted by molar-refractivity contribution is 6.09. The average Bonchev–Trinajstić information content (AvgIpc) is 2.67. The van der Waals surface area contributed by atoms with Gasteiger partial charge in [0.15, 0.2) is 0 Å². The first-order valence-corrected chi connectivity index (χ1v) is 7.18. The smallest absolute Gasteiger partial charge is 0.326 e. The van der Waals surface area contributed by atoms with Crippen LogP contribution in [0.25, 0.3) is 0 Å². The second kappa shape index (κ2) is 5.44. The summed E-state index contributed by atoms with van der Waals surface area (Å²) in [5, 5.41) is 11.9. The van der Waals surface area contributed by atoms with Gasteiger partial charge in [-0.1, -0.05) is 25.1 Å². The molecule has 2 N–H and O–H groups in total. The summed E-state index contributed by atoms with van der Waals surface area (Å²) in [5.74, 6) is -1.72. The SMILES string of the molecule is CCC(C(=O)O)N1C(=O)NC(C)(c2ccc(C)c(C)c2)C1=O. The van der Waals surface area contributed by atoms with Gasteiger partial charge in [-0.3, -0.25) is 4.79 Å². The van der Waals surface area contributed by atoms with Gasteiger partial charge in [0.05, 0.1) is 0 Å². The normalized spacial score (nSPS) is 22.6. The molecule has 0 aliphatic carbocycles. The Morgan fingerprint density at radius 2 is 1.95 bits per heavy atom. The number of carboxylic acids is 1. The van der Waals surface area contributed by atoms with E-state index in [1.54, 1.807) is 19.9 Å². The zero-order chi connectivity index (χ0) is 16.7. The Labute approximate surface area is 129 Å². The molecule has 1 fully saturated rings. The number of aliphatic carboxylic acids is 1. The molecular formula is C16H20N2O4. The number of carboxylic acid groups (broad SMARTS) is 1. The monoisotopic (exact) mass is 304 g/mol. The Hall–Kier alpha value is -2.37. The van der Waals surface area contributed by atoms with E-state index in [0.29, 0.717) is 5.56 Å². The molecule has 1 aromatic carbocycles. The summed E-state index contributed by atoms with van der Waals surface area (Å²) >= 11 is 0. The van der Waals surface area contributed by atoms with Gasteiger partial charge in [0, 0.05) is 0 Å². The highest BCUT2D eigenvalue weighted by Crippen LogP contribution is 2.31. The van der Waals surface area contributed by atoms with Crippen molar-refractivity contribution in [2.24, 2.45) is 0 Å². The minimum absolute atomic E-state index is 0.164. The van der Waals surface area contributed by atoms with Crippen LogP contribution in [-0.4, -0.2) is 34.0 Å². The Morgan fingerprint density at radius 1 is 1.32 bits per heavy atom. The Kier molecular flexibility index (Phi) is 3.96. The van der Waals surface area contributed by atoms with Crippen LogP contribution in [0.2, 0.25) is 0 Å². The first-order valence-electron chi connectivity index (χ1n) is 7.18. The van der Waals surface area contributed by atoms with Crippen LogP contribution in [0, 0.1) is 13.8 Å². The molecule has 2 rings (SSSR count). The minimum Gasteiger partial charge on any atom is -0.480 e. The van der Waals surface area contributed by atoms with Gasteiger partial charge >= 0.3 is 12.0 Å². The fraction of sp³-hybridized carbons (Fsp3) is 0.438. The second-order valence-corrected chi connectivity index (χ2v) is 5.79. The van der Waals surface area contributed by atoms with Crippen molar-refractivity contribution in [1.29, 1.82) is 0 Å². The first kappa shape index (κ1) is 16.0. The van der Waals surface area contributed by atoms with E-state index in [9.17, 15) is 19.5 Å². The van der Waals surface area contributed by atoms with Crippen LogP contribution in [0.3, 0.4) is 0 Å². The van der Waals surface area contributed by atoms with Gasteiger partial charge in [0.2, 0.25) is 0 Å². The molecule has 0 radical (unpaired) electrons. The second-order valence-electron chi connectivity index (χ2n) is 5.79. The van der Waals surface area contributed by atoms with E-state index in [2.05, 4.69) is 5.32 Å². The summed E-state index contributed by atoms with van der Waals surface area (Å²) in [6, 6.07) is 3.69. The predicted molar refractivity (Wildman–Crippen MR) is 80.4 cm³/mol. The molecule has 3 amide bonds. The summed E-state index contributed by atoms with van der Waals surface area (Å²) in [5.41, 5.74) is 1.50. The van der Waals surface area contributed by atoms with Crippen molar-refractivity contribution >= 4 is 17.9 Å². The maximum absolute atomic E-state index is 12.7. The van der Waals surface area contributed by atoms with E-state index in [-0.39, 0.29) is 6.42 Å². The largest absolute Gasteiger partial charge is 0.480 e. The quantitative estimate of drug-likeness (QED) is 0.832. The number of carbonyl (C=O) groups excluding carboxylic acids is 2. The molecule has 1 aliphatic heterocycles. The molecule has 0 spiro atoms. The Morgan fingerprint density at radius 3 is 2.45 bits per heavy atom. The number of nitrogens with one attached hydrogen (secondary N) is 1. The number of carbonyl (C=O) groups is 3. The molecular weight excluding hydrogens is 284 g/mol. The molecule has 2 atom stereocenters. The van der Waals surface area contributed by atoms with Crippen molar-refractivity contribution in [2.45, 2.75) is 45.7 Å². The number of hydrogen-bond donors (Lipinski definition) is 2. The zero-order valence-electron chi connectivity index (χ0n) is 13.1. The van der Waals surface area contributed by atoms with Crippen LogP contribution in [0.4, 0.5) is 4.79 Å². The molecule has 6 nitrogen and oxygen atoms in total. The lowest BCUT2D eigenvalue weighted by Crippen LogP contribution is -2.46. The van der Waals surface area contributed by atoms with Crippen molar-refractivity contribution in [3.63, 3.8) is 0 Å². The molecule has 1 heterocycles. The number of benzene rings is 1. The maximum Gasteiger partial charge on any atom is 0.326 e. The molecule has 118 valence electrons. The highest BCUT2D eigenvalue weighted by atomic mass is 16.4. The van der Waals surface area contributed by atoms with Crippen LogP contribution in [0.5, 0.6) is 0 Å². The van der Waals surface area contributed by atoms with Crippen molar-refractivity contribution in [3.8, 4) is 0 Å². The van der Waals surface area contributed by atoms with Gasteiger partial charge in [-0.2, -0.15) is 0 Å². The standard InChI is InChI=1S/C16H20N2O4/c1-5-12(13(19)20)18-14(21)16(4,17-15(18)22)11-7-6-9(2)10(3)8-11/h6-8,12H,5H2,1-4H3,(H,17,22)(H,19,20). The number of imide groups is 1. The molecule has 0 saturated carbocycles. The van der Waals surface area contributed by atoms with E-state index in [4.69, 9.17) is 0 Å². The molecule has 0 bridgehead atoms. The molecule has 1 saturated heterocycles. The number of nitrogens with zero attached hydrogens (tertiary/aromatic N) is 1. The van der Waals surface area contributed by atoms with E-state index in [1.807, 2.05) is 26.0 Å². The van der Waals surface area contributed by atoms with Gasteiger partial charge in [0.1, 0.15) is 11.6 Å². The number of hydrogen-bond acceptors (Lipinski definition) is 3. The molecule has 1 aromatic rings. The summed E-state index contributed by atoms with van der Waals surface area (Å²) in [6.07, 6.45) is 0.164. The topological polar surface area (TPSA) is 86.7 Å². The van der Waals surface area contributed by atoms with Crippen molar-refractivity contribution in [1.82, 2.24) is 10.2 Å². The van der Waals surface area contributed by atoms with Crippen LogP contribution >= 0.6 is 0 Å². The predicted octanol–water partition coefficient (Wildman–Crippen LogP) is 1.93. The highest BCUT2D eigenvalue weighted by Gasteiger charge is 2.52. The van der Waals surface area contributed by atoms with E-state index in [0.717, 1.165) is 16.0 Å². The van der Waals surface area contributed by atoms with Crippen LogP contribution in [-0.2, 0) is 15.1 Å². The van der Waals surface area contributed by atoms with E-state index in [1.165, 1.54) is 0 Å². The van der Waals surface area contributed by atoms with Gasteiger partial charge in [-0.25, -0.2) is 14.5 Å². The number of amides is 3. The maximum atomic E-state index is 12.7. The summed E-state index contributed by atoms with van der Waals surface area (Å²) in [6.45, 7) is 7.12. The first-order chi connectivity index (χ1) is 10.2. The third kappa shape index (κ3) is 2.34. The van der Waals surface area contributed by atoms with Crippen LogP contribution in [0.15, 0.2) is 18.2 Å². The van der Waals surface area contributed by atoms with Gasteiger partial charge in [0.25, 0.3) is 5.91 Å². The van der Waals surface area contributed by atoms with Crippen LogP contribution in [0.1, 0.15) is 37.0 Å². The fourth-order valence-corrected chi connectivity index (χ4v) is 2.66. The van der Waals surface area contributed by atoms with Gasteiger partial charge in [-0.15, -0.1) is 0 Å². The molecule has 6 heteroatoms. The van der Waals surface area contributed by atoms with Crippen molar-refractivity contribution in [3.05, 3.63) is 34.9 Å². The fourth-order valence-electron chi connectivity index (χ4n) is 2.66. The zero-order valence-corrected chi connectivity index (χ0v) is 13.1. The summed E-state index contributed by atoms with van der Waals surface area (Å²) in [7, 11) is 0. The van der Waals surface area contributed by atoms with Crippen LogP contribution < -0.4 is 5.32 Å². The molecule has 0 aromatic heterocycles. The van der Waals surface area contributed by atoms with Gasteiger partial charge in [-0.05, 0) is 43.9 Å². The summed E-state index contributed by atoms with van der Waals surface area (Å²) < 4.78 is 0. The average molecular weight is 304 g/mol. The van der Waals surface area contributed by atoms with Crippen molar-refractivity contribution < 1.29 is 19.5 Å². The van der Waals surface area contributed by atoms with Gasteiger partial charge < -0.3 is 10.4 Å². The lowest BCUT2D eigenvalue weighted by molar-refractivity contribution is -0.147. The Bertz CT molecular complexity index is 656. The Balaban J connectivity index is 2.45. The third-order valence-electron chi connectivity index (χ3n) is 4.29. The molecule has 2 unspecified atom stereocenters. The molecule has 1 aliphatic rings. The lowest BCUT2D eigenvalue weighted by Gasteiger charge is -2.25. The molecule has 22 heavy (non-hydrogen) atoms. The lowest BCUT2D eigenvalue weighted by atomic mass is 9.89. The summed E-state index contributed by atoms with van der Waals surface area (Å²) in [4.78, 5) is 37.0. The van der Waals surface area contributed by atoms with E-state index >= 15 is 0 Å². The number of rotatable bonds is 4. The number of urea groups is 1. The van der Waals surface area contributed by atoms with E-state index < -0.39 is 29.5 Å². The minimum atomic E-state index is -1.24. The third-order valence-corrected chi connectivity index (χ3v) is 4.29. The number of aryl methyl sites for hydroxylation is 2. The van der Waals surface area contributed by atoms with Crippen molar-refractivity contribution in [2.75, 3.05) is 0 Å².